The summed E-state index contributed by atoms with van der Waals surface area (Å²) in [6.07, 6.45) is 7.29. The van der Waals surface area contributed by atoms with Crippen LogP contribution in [0.1, 0.15) is 0 Å². The first-order valence-electron chi connectivity index (χ1n) is 7.70. The number of nitrogens with zero attached hydrogens (tertiary/aromatic N) is 2. The average Bonchev–Trinajstić information content (AvgIpc) is 2.66. The first kappa shape index (κ1) is 22.6. The Bertz CT molecular complexity index is 1070. The van der Waals surface area contributed by atoms with E-state index in [1.54, 1.807) is 12.4 Å². The van der Waals surface area contributed by atoms with Gasteiger partial charge in [0.25, 0.3) is 0 Å². The number of nitrogens with one attached hydrogen (secondary N) is 2. The van der Waals surface area contributed by atoms with Crippen LogP contribution in [0.25, 0.3) is 22.1 Å². The fraction of sp³-hybridized carbons (Fsp3) is 0. The Morgan fingerprint density at radius 1 is 0.690 bits per heavy atom. The van der Waals surface area contributed by atoms with Crippen molar-refractivity contribution in [3.63, 3.8) is 0 Å². The second-order valence-electron chi connectivity index (χ2n) is 5.11. The molecule has 0 fully saturated rings. The van der Waals surface area contributed by atoms with E-state index in [0.29, 0.717) is 0 Å². The molecule has 4 rings (SSSR count). The topological polar surface area (TPSA) is 178 Å². The summed E-state index contributed by atoms with van der Waals surface area (Å²) >= 11 is -12.1. The zero-order valence-corrected chi connectivity index (χ0v) is 17.0. The van der Waals surface area contributed by atoms with Gasteiger partial charge in [-0.25, -0.2) is 9.97 Å². The molecule has 13 heteroatoms. The third-order valence-electron chi connectivity index (χ3n) is 3.03. The van der Waals surface area contributed by atoms with Gasteiger partial charge in [0.1, 0.15) is 12.4 Å². The number of aromatic nitrogens is 4. The molecule has 0 radical (unpaired) electrons. The summed E-state index contributed by atoms with van der Waals surface area (Å²) in [7, 11) is 0. The van der Waals surface area contributed by atoms with Crippen LogP contribution in [-0.4, -0.2) is 9.97 Å². The summed E-state index contributed by atoms with van der Waals surface area (Å²) < 4.78 is 58.9. The molecule has 0 saturated heterocycles. The van der Waals surface area contributed by atoms with Gasteiger partial charge in [-0.05, 0) is 58.5 Å². The molecule has 0 spiro atoms. The van der Waals surface area contributed by atoms with Crippen molar-refractivity contribution in [3.05, 3.63) is 73.3 Å². The predicted molar refractivity (Wildman–Crippen MR) is 80.4 cm³/mol. The molecule has 11 nitrogen and oxygen atoms in total. The van der Waals surface area contributed by atoms with Gasteiger partial charge < -0.3 is 0 Å². The number of fused-ring (bicyclic) bond motifs is 2. The third kappa shape index (κ3) is 8.87. The smallest absolute Gasteiger partial charge is 0.244 e. The molecule has 0 unspecified atom stereocenters. The second kappa shape index (κ2) is 10.2. The summed E-state index contributed by atoms with van der Waals surface area (Å²) in [6, 6.07) is 15.9. The molecule has 29 heavy (non-hydrogen) atoms. The van der Waals surface area contributed by atoms with E-state index in [2.05, 4.69) is 22.8 Å². The van der Waals surface area contributed by atoms with E-state index >= 15 is 0 Å². The SMILES string of the molecule is [O]=[Cr](=[O])([O-])[O][Cr](=[O])(=[O])[O-].c1cnc2[nH+]cccc2c1.c1cnc2[nH+]cccc2c1. The van der Waals surface area contributed by atoms with Crippen molar-refractivity contribution in [1.82, 2.24) is 9.97 Å². The van der Waals surface area contributed by atoms with Crippen LogP contribution in [0.2, 0.25) is 0 Å². The van der Waals surface area contributed by atoms with Crippen LogP contribution in [0.15, 0.2) is 73.3 Å². The molecule has 0 aliphatic carbocycles. The summed E-state index contributed by atoms with van der Waals surface area (Å²) in [4.78, 5) is 14.3. The minimum absolute atomic E-state index is 0.935. The van der Waals surface area contributed by atoms with Crippen LogP contribution in [0.5, 0.6) is 0 Å². The van der Waals surface area contributed by atoms with E-state index in [1.807, 2.05) is 60.9 Å². The monoisotopic (exact) mass is 478 g/mol. The Morgan fingerprint density at radius 3 is 1.38 bits per heavy atom. The molecule has 4 aromatic heterocycles. The van der Waals surface area contributed by atoms with Gasteiger partial charge in [-0.2, -0.15) is 0 Å². The Kier molecular flexibility index (Phi) is 7.90. The average molecular weight is 478 g/mol. The van der Waals surface area contributed by atoms with Gasteiger partial charge in [-0.1, -0.05) is 0 Å². The van der Waals surface area contributed by atoms with Crippen LogP contribution in [0.3, 0.4) is 0 Å². The first-order valence-corrected chi connectivity index (χ1v) is 11.9. The number of H-pyrrole nitrogens is 2. The van der Waals surface area contributed by atoms with Gasteiger partial charge in [0, 0.05) is 0 Å². The van der Waals surface area contributed by atoms with Crippen molar-refractivity contribution in [2.45, 2.75) is 0 Å². The maximum absolute atomic E-state index is 9.38. The van der Waals surface area contributed by atoms with Gasteiger partial charge in [0.15, 0.2) is 0 Å². The van der Waals surface area contributed by atoms with Crippen LogP contribution < -0.4 is 18.3 Å². The van der Waals surface area contributed by atoms with Gasteiger partial charge in [-0.3, -0.25) is 0 Å². The zero-order valence-electron chi connectivity index (χ0n) is 14.5. The van der Waals surface area contributed by atoms with E-state index in [9.17, 15) is 23.5 Å². The number of aromatic amines is 2. The second-order valence-corrected chi connectivity index (χ2v) is 8.75. The molecular weight excluding hydrogens is 464 g/mol. The molecular formula is C16H14Cr2N4O7. The Hall–Kier alpha value is -2.74. The first-order chi connectivity index (χ1) is 13.6. The standard InChI is InChI=1S/2C8H6N2.2Cr.7O/c2*1-3-7-4-2-6-10-8(7)9-5-1;;;;;;;;;/h2*1-6H;;;;;;;;;/q;;;;;;;;;2*-1/p+2. The van der Waals surface area contributed by atoms with Gasteiger partial charge in [0.05, 0.1) is 23.2 Å². The van der Waals surface area contributed by atoms with Crippen LogP contribution in [-0.2, 0) is 45.3 Å². The van der Waals surface area contributed by atoms with Gasteiger partial charge >= 0.3 is 64.9 Å². The number of rotatable bonds is 2. The summed E-state index contributed by atoms with van der Waals surface area (Å²) in [5.41, 5.74) is 1.87. The summed E-state index contributed by atoms with van der Waals surface area (Å²) in [5.74, 6) is 0. The predicted octanol–water partition coefficient (Wildman–Crippen LogP) is -0.829. The van der Waals surface area contributed by atoms with Gasteiger partial charge in [-0.15, -0.1) is 0 Å². The maximum atomic E-state index is 9.38. The van der Waals surface area contributed by atoms with Crippen molar-refractivity contribution in [3.8, 4) is 0 Å². The molecule has 152 valence electrons. The van der Waals surface area contributed by atoms with Crippen LogP contribution in [0.4, 0.5) is 0 Å². The van der Waals surface area contributed by atoms with Crippen LogP contribution in [0, 0.1) is 0 Å². The number of hydrogen-bond donors (Lipinski definition) is 0. The van der Waals surface area contributed by atoms with Crippen molar-refractivity contribution in [2.24, 2.45) is 0 Å². The van der Waals surface area contributed by atoms with Crippen LogP contribution >= 0.6 is 0 Å². The number of pyridine rings is 4. The Morgan fingerprint density at radius 2 is 1.07 bits per heavy atom. The molecule has 0 aromatic carbocycles. The normalized spacial score (nSPS) is 11.1. The summed E-state index contributed by atoms with van der Waals surface area (Å²) in [5, 5.41) is 2.29. The Balaban J connectivity index is 0.000000156. The largest absolute Gasteiger partial charge is 0.327 e. The minimum Gasteiger partial charge on any atom is -0.244 e. The van der Waals surface area contributed by atoms with Crippen molar-refractivity contribution < 1.29 is 63.6 Å². The van der Waals surface area contributed by atoms with Crippen molar-refractivity contribution >= 4 is 22.1 Å². The molecule has 2 N–H and O–H groups in total. The van der Waals surface area contributed by atoms with E-state index in [4.69, 9.17) is 0 Å². The quantitative estimate of drug-likeness (QED) is 0.356. The molecule has 4 aromatic rings. The molecule has 4 heterocycles. The van der Waals surface area contributed by atoms with E-state index in [0.717, 1.165) is 22.1 Å². The fourth-order valence-electron chi connectivity index (χ4n) is 2.01. The Labute approximate surface area is 168 Å². The molecule has 0 saturated carbocycles. The summed E-state index contributed by atoms with van der Waals surface area (Å²) in [6.45, 7) is 0. The minimum atomic E-state index is -6.07. The zero-order chi connectivity index (χ0) is 21.3. The third-order valence-corrected chi connectivity index (χ3v) is 5.70. The maximum Gasteiger partial charge on any atom is 0.327 e. The molecule has 0 aliphatic heterocycles. The van der Waals surface area contributed by atoms with E-state index in [1.165, 1.54) is 0 Å². The van der Waals surface area contributed by atoms with Gasteiger partial charge in [0.2, 0.25) is 0 Å². The van der Waals surface area contributed by atoms with E-state index in [-0.39, 0.29) is 0 Å². The number of hydrogen-bond acceptors (Lipinski definition) is 9. The van der Waals surface area contributed by atoms with Crippen molar-refractivity contribution in [1.29, 1.82) is 0 Å². The molecule has 0 atom stereocenters. The fourth-order valence-corrected chi connectivity index (χ4v) is 3.64. The van der Waals surface area contributed by atoms with E-state index < -0.39 is 27.2 Å². The molecule has 0 bridgehead atoms. The van der Waals surface area contributed by atoms with Crippen molar-refractivity contribution in [2.75, 3.05) is 0 Å². The molecule has 0 aliphatic rings. The molecule has 0 amide bonds.